The number of benzene rings is 3. The number of ether oxygens (including phenoxy) is 1. The molecular weight excluding hydrogens is 386 g/mol. The fourth-order valence-electron chi connectivity index (χ4n) is 3.92. The summed E-state index contributed by atoms with van der Waals surface area (Å²) in [5.74, 6) is 0.582. The van der Waals surface area contributed by atoms with Crippen LogP contribution in [-0.2, 0) is 5.54 Å². The lowest BCUT2D eigenvalue weighted by Gasteiger charge is -2.21. The molecule has 1 N–H and O–H groups in total. The second kappa shape index (κ2) is 8.41. The van der Waals surface area contributed by atoms with Gasteiger partial charge in [-0.15, -0.1) is 0 Å². The average Bonchev–Trinajstić information content (AvgIpc) is 3.54. The summed E-state index contributed by atoms with van der Waals surface area (Å²) < 4.78 is 5.82. The van der Waals surface area contributed by atoms with E-state index >= 15 is 0 Å². The van der Waals surface area contributed by atoms with Crippen LogP contribution in [-0.4, -0.2) is 38.1 Å². The highest BCUT2D eigenvalue weighted by molar-refractivity contribution is 5.98. The van der Waals surface area contributed by atoms with Gasteiger partial charge in [-0.25, -0.2) is 0 Å². The molecule has 158 valence electrons. The first kappa shape index (κ1) is 20.9. The molecule has 4 rings (SSSR count). The van der Waals surface area contributed by atoms with Gasteiger partial charge >= 0.3 is 0 Å². The Morgan fingerprint density at radius 2 is 1.94 bits per heavy atom. The van der Waals surface area contributed by atoms with E-state index in [9.17, 15) is 10.1 Å². The van der Waals surface area contributed by atoms with Crippen molar-refractivity contribution in [3.05, 3.63) is 76.9 Å². The van der Waals surface area contributed by atoms with Crippen LogP contribution < -0.4 is 10.1 Å². The lowest BCUT2D eigenvalue weighted by molar-refractivity contribution is 0.0930. The number of carbonyl (C=O) groups is 1. The molecule has 0 bridgehead atoms. The summed E-state index contributed by atoms with van der Waals surface area (Å²) in [4.78, 5) is 15.3. The molecule has 3 aromatic rings. The molecule has 0 heterocycles. The number of nitrogens with one attached hydrogen (secondary N) is 1. The molecule has 0 aromatic heterocycles. The van der Waals surface area contributed by atoms with Crippen LogP contribution in [0.25, 0.3) is 10.8 Å². The number of rotatable bonds is 7. The molecule has 1 aliphatic rings. The highest BCUT2D eigenvalue weighted by Gasteiger charge is 2.47. The van der Waals surface area contributed by atoms with Gasteiger partial charge in [0.2, 0.25) is 0 Å². The number of nitrogens with zero attached hydrogens (tertiary/aromatic N) is 2. The maximum absolute atomic E-state index is 13.3. The highest BCUT2D eigenvalue weighted by Crippen LogP contribution is 2.48. The number of likely N-dealkylation sites (N-methyl/N-ethyl adjacent to an activating group) is 1. The van der Waals surface area contributed by atoms with E-state index in [4.69, 9.17) is 4.74 Å². The first-order valence-corrected chi connectivity index (χ1v) is 10.6. The van der Waals surface area contributed by atoms with E-state index in [1.54, 1.807) is 0 Å². The van der Waals surface area contributed by atoms with Crippen molar-refractivity contribution in [1.82, 2.24) is 10.2 Å². The van der Waals surface area contributed by atoms with E-state index in [1.165, 1.54) is 0 Å². The van der Waals surface area contributed by atoms with Crippen molar-refractivity contribution in [2.24, 2.45) is 0 Å². The van der Waals surface area contributed by atoms with Crippen LogP contribution in [0, 0.1) is 18.3 Å². The van der Waals surface area contributed by atoms with Crippen LogP contribution in [0.3, 0.4) is 0 Å². The molecular formula is C26H27N3O2. The van der Waals surface area contributed by atoms with Crippen LogP contribution in [0.4, 0.5) is 0 Å². The summed E-state index contributed by atoms with van der Waals surface area (Å²) in [6, 6.07) is 19.7. The molecule has 1 amide bonds. The molecule has 5 heteroatoms. The van der Waals surface area contributed by atoms with Gasteiger partial charge in [-0.1, -0.05) is 30.3 Å². The predicted molar refractivity (Wildman–Crippen MR) is 122 cm³/mol. The van der Waals surface area contributed by atoms with Crippen molar-refractivity contribution in [2.75, 3.05) is 27.2 Å². The van der Waals surface area contributed by atoms with Gasteiger partial charge in [0.15, 0.2) is 0 Å². The van der Waals surface area contributed by atoms with Crippen molar-refractivity contribution >= 4 is 16.7 Å². The smallest absolute Gasteiger partial charge is 0.252 e. The van der Waals surface area contributed by atoms with Crippen molar-refractivity contribution < 1.29 is 9.53 Å². The minimum atomic E-state index is -0.433. The fraction of sp³-hybridized carbons (Fsp3) is 0.308. The molecule has 0 spiro atoms. The number of aryl methyl sites for hydroxylation is 1. The van der Waals surface area contributed by atoms with E-state index in [2.05, 4.69) is 22.4 Å². The molecule has 1 saturated carbocycles. The highest BCUT2D eigenvalue weighted by atomic mass is 16.5. The van der Waals surface area contributed by atoms with Gasteiger partial charge in [-0.3, -0.25) is 4.79 Å². The zero-order valence-corrected chi connectivity index (χ0v) is 18.2. The number of hydrogen-bond acceptors (Lipinski definition) is 4. The van der Waals surface area contributed by atoms with Crippen LogP contribution in [0.1, 0.15) is 39.9 Å². The summed E-state index contributed by atoms with van der Waals surface area (Å²) in [5, 5.41) is 14.9. The Bertz CT molecular complexity index is 1170. The Balaban J connectivity index is 1.61. The monoisotopic (exact) mass is 413 g/mol. The van der Waals surface area contributed by atoms with Crippen molar-refractivity contribution in [3.8, 4) is 11.8 Å². The molecule has 3 aromatic carbocycles. The Hall–Kier alpha value is -3.36. The van der Waals surface area contributed by atoms with Crippen molar-refractivity contribution in [2.45, 2.75) is 25.3 Å². The third-order valence-corrected chi connectivity index (χ3v) is 5.87. The first-order chi connectivity index (χ1) is 14.9. The lowest BCUT2D eigenvalue weighted by Crippen LogP contribution is -2.35. The van der Waals surface area contributed by atoms with Gasteiger partial charge < -0.3 is 15.0 Å². The van der Waals surface area contributed by atoms with Crippen LogP contribution in [0.5, 0.6) is 5.75 Å². The number of nitriles is 1. The van der Waals surface area contributed by atoms with E-state index < -0.39 is 5.54 Å². The maximum Gasteiger partial charge on any atom is 0.252 e. The zero-order valence-electron chi connectivity index (χ0n) is 18.2. The number of carbonyl (C=O) groups excluding carboxylic acids is 1. The topological polar surface area (TPSA) is 65.4 Å². The minimum absolute atomic E-state index is 0.112. The number of amides is 1. The van der Waals surface area contributed by atoms with E-state index in [-0.39, 0.29) is 5.91 Å². The van der Waals surface area contributed by atoms with E-state index in [0.717, 1.165) is 41.3 Å². The quantitative estimate of drug-likeness (QED) is 0.624. The second-order valence-electron chi connectivity index (χ2n) is 8.52. The minimum Gasteiger partial charge on any atom is -0.492 e. The standard InChI is InChI=1S/C26H27N3O2/c1-18-8-9-21(31-13-12-29(2)3)16-23(18)25(30)28-26(10-11-26)24-15-19(17-27)14-20-6-4-5-7-22(20)24/h4-9,14-16H,10-13H2,1-3H3,(H,28,30). The Morgan fingerprint density at radius 3 is 2.65 bits per heavy atom. The molecule has 0 saturated heterocycles. The number of fused-ring (bicyclic) bond motifs is 1. The van der Waals surface area contributed by atoms with Crippen LogP contribution in [0.2, 0.25) is 0 Å². The lowest BCUT2D eigenvalue weighted by atomic mass is 9.94. The summed E-state index contributed by atoms with van der Waals surface area (Å²) >= 11 is 0. The third kappa shape index (κ3) is 4.40. The van der Waals surface area contributed by atoms with E-state index in [1.807, 2.05) is 69.6 Å². The predicted octanol–water partition coefficient (Wildman–Crippen LogP) is 4.38. The van der Waals surface area contributed by atoms with Gasteiger partial charge in [-0.2, -0.15) is 5.26 Å². The Kier molecular flexibility index (Phi) is 5.67. The largest absolute Gasteiger partial charge is 0.492 e. The summed E-state index contributed by atoms with van der Waals surface area (Å²) in [6.45, 7) is 3.30. The normalized spacial score (nSPS) is 14.3. The summed E-state index contributed by atoms with van der Waals surface area (Å²) in [6.07, 6.45) is 1.71. The Labute approximate surface area is 183 Å². The van der Waals surface area contributed by atoms with Crippen LogP contribution in [0.15, 0.2) is 54.6 Å². The van der Waals surface area contributed by atoms with Crippen molar-refractivity contribution in [1.29, 1.82) is 5.26 Å². The second-order valence-corrected chi connectivity index (χ2v) is 8.52. The molecule has 0 atom stereocenters. The van der Waals surface area contributed by atoms with Gasteiger partial charge in [0.25, 0.3) is 5.91 Å². The summed E-state index contributed by atoms with van der Waals surface area (Å²) in [7, 11) is 3.99. The molecule has 0 unspecified atom stereocenters. The average molecular weight is 414 g/mol. The maximum atomic E-state index is 13.3. The molecule has 1 fully saturated rings. The fourth-order valence-corrected chi connectivity index (χ4v) is 3.92. The van der Waals surface area contributed by atoms with Gasteiger partial charge in [-0.05, 0) is 80.0 Å². The Morgan fingerprint density at radius 1 is 1.16 bits per heavy atom. The molecule has 0 aliphatic heterocycles. The third-order valence-electron chi connectivity index (χ3n) is 5.87. The summed E-state index contributed by atoms with van der Waals surface area (Å²) in [5.41, 5.74) is 2.73. The molecule has 5 nitrogen and oxygen atoms in total. The molecule has 0 radical (unpaired) electrons. The van der Waals surface area contributed by atoms with Crippen molar-refractivity contribution in [3.63, 3.8) is 0 Å². The van der Waals surface area contributed by atoms with Gasteiger partial charge in [0.05, 0.1) is 17.2 Å². The first-order valence-electron chi connectivity index (χ1n) is 10.6. The molecule has 1 aliphatic carbocycles. The van der Waals surface area contributed by atoms with Gasteiger partial charge in [0.1, 0.15) is 12.4 Å². The zero-order chi connectivity index (χ0) is 22.0. The van der Waals surface area contributed by atoms with Crippen LogP contribution >= 0.6 is 0 Å². The molecule has 31 heavy (non-hydrogen) atoms. The number of hydrogen-bond donors (Lipinski definition) is 1. The van der Waals surface area contributed by atoms with Gasteiger partial charge in [0, 0.05) is 12.1 Å². The SMILES string of the molecule is Cc1ccc(OCCN(C)C)cc1C(=O)NC1(c2cc(C#N)cc3ccccc23)CC1. The van der Waals surface area contributed by atoms with E-state index in [0.29, 0.717) is 23.5 Å².